The Hall–Kier alpha value is -5.27. The number of hydrogen-bond donors (Lipinski definition) is 3. The van der Waals surface area contributed by atoms with Crippen LogP contribution in [0.5, 0.6) is 0 Å². The molecule has 1 fully saturated rings. The van der Waals surface area contributed by atoms with Gasteiger partial charge in [-0.3, -0.25) is 14.6 Å². The molecule has 0 saturated heterocycles. The first-order chi connectivity index (χ1) is 24.5. The second-order valence-corrected chi connectivity index (χ2v) is 13.9. The molecule has 1 aliphatic rings. The zero-order chi connectivity index (χ0) is 37.7. The normalized spacial score (nSPS) is 14.3. The van der Waals surface area contributed by atoms with Gasteiger partial charge in [-0.05, 0) is 87.1 Å². The number of rotatable bonds is 13. The van der Waals surface area contributed by atoms with Gasteiger partial charge in [-0.2, -0.15) is 18.3 Å². The molecule has 0 aliphatic heterocycles. The predicted octanol–water partition coefficient (Wildman–Crippen LogP) is 7.75. The van der Waals surface area contributed by atoms with Gasteiger partial charge in [-0.25, -0.2) is 13.9 Å². The Morgan fingerprint density at radius 2 is 1.75 bits per heavy atom. The van der Waals surface area contributed by atoms with Gasteiger partial charge in [0.25, 0.3) is 5.91 Å². The fourth-order valence-corrected chi connectivity index (χ4v) is 5.87. The number of benzene rings is 2. The van der Waals surface area contributed by atoms with Crippen LogP contribution in [0, 0.1) is 11.7 Å². The smallest absolute Gasteiger partial charge is 0.407 e. The predicted molar refractivity (Wildman–Crippen MR) is 186 cm³/mol. The summed E-state index contributed by atoms with van der Waals surface area (Å²) in [4.78, 5) is 43.3. The van der Waals surface area contributed by atoms with E-state index in [9.17, 15) is 27.6 Å². The van der Waals surface area contributed by atoms with Gasteiger partial charge in [0.05, 0.1) is 29.0 Å². The van der Waals surface area contributed by atoms with Gasteiger partial charge in [0, 0.05) is 30.9 Å². The number of amides is 3. The third-order valence-corrected chi connectivity index (χ3v) is 8.53. The molecule has 14 heteroatoms. The molecule has 0 spiro atoms. The number of aromatic nitrogens is 3. The van der Waals surface area contributed by atoms with Crippen molar-refractivity contribution in [2.24, 2.45) is 5.92 Å². The summed E-state index contributed by atoms with van der Waals surface area (Å²) in [6.45, 7) is 6.90. The Bertz CT molecular complexity index is 1900. The molecule has 0 radical (unpaired) electrons. The number of hydrogen-bond acceptors (Lipinski definition) is 6. The molecule has 1 unspecified atom stereocenters. The van der Waals surface area contributed by atoms with E-state index in [1.807, 2.05) is 6.07 Å². The van der Waals surface area contributed by atoms with Crippen molar-refractivity contribution in [3.05, 3.63) is 107 Å². The number of pyridine rings is 1. The van der Waals surface area contributed by atoms with Gasteiger partial charge in [0.15, 0.2) is 0 Å². The highest BCUT2D eigenvalue weighted by Gasteiger charge is 2.38. The molecule has 2 heterocycles. The van der Waals surface area contributed by atoms with E-state index in [-0.39, 0.29) is 35.9 Å². The summed E-state index contributed by atoms with van der Waals surface area (Å²) in [5, 5.41) is 12.4. The lowest BCUT2D eigenvalue weighted by atomic mass is 9.78. The summed E-state index contributed by atoms with van der Waals surface area (Å²) < 4.78 is 62.3. The summed E-state index contributed by atoms with van der Waals surface area (Å²) in [5.41, 5.74) is -0.830. The Labute approximate surface area is 299 Å². The Morgan fingerprint density at radius 1 is 0.981 bits per heavy atom. The number of halogens is 4. The molecular weight excluding hydrogens is 680 g/mol. The minimum absolute atomic E-state index is 0.0208. The molecule has 5 rings (SSSR count). The molecule has 3 N–H and O–H groups in total. The van der Waals surface area contributed by atoms with Crippen molar-refractivity contribution in [3.8, 4) is 5.69 Å². The minimum Gasteiger partial charge on any atom is -0.444 e. The topological polar surface area (TPSA) is 127 Å². The maximum Gasteiger partial charge on any atom is 0.407 e. The molecule has 3 amide bonds. The van der Waals surface area contributed by atoms with Crippen LogP contribution >= 0.6 is 0 Å². The van der Waals surface area contributed by atoms with Gasteiger partial charge in [-0.15, -0.1) is 0 Å². The third-order valence-electron chi connectivity index (χ3n) is 8.53. The van der Waals surface area contributed by atoms with Gasteiger partial charge in [0.1, 0.15) is 17.1 Å². The van der Waals surface area contributed by atoms with E-state index in [1.54, 1.807) is 70.4 Å². The summed E-state index contributed by atoms with van der Waals surface area (Å²) >= 11 is 0. The summed E-state index contributed by atoms with van der Waals surface area (Å²) in [6, 6.07) is 15.1. The number of anilines is 1. The van der Waals surface area contributed by atoms with Crippen molar-refractivity contribution >= 4 is 23.6 Å². The molecule has 2 aromatic carbocycles. The van der Waals surface area contributed by atoms with Gasteiger partial charge in [-0.1, -0.05) is 44.0 Å². The number of nitrogens with one attached hydrogen (secondary N) is 3. The first kappa shape index (κ1) is 38.0. The van der Waals surface area contributed by atoms with Crippen molar-refractivity contribution < 1.29 is 36.7 Å². The van der Waals surface area contributed by atoms with Crippen LogP contribution in [-0.2, 0) is 28.0 Å². The maximum absolute atomic E-state index is 15.5. The highest BCUT2D eigenvalue weighted by Crippen LogP contribution is 2.42. The lowest BCUT2D eigenvalue weighted by molar-refractivity contribution is -0.128. The standard InChI is InChI=1S/C38H42F4N6O4/c1-5-33(49)46-37(16-15-24-11-12-24,27-9-7-17-43-23-27)26-13-14-30(39)31(19-26)45-34(50)32-20-28(21-38(40,41)42)47-48(32)29-10-6-8-25(18-29)22-44-35(51)52-36(2,3)4/h6-10,13-14,17-20,23-24H,5,11-12,15-16,21-22H2,1-4H3,(H,44,51)(H,45,50)(H,46,49). The zero-order valence-electron chi connectivity index (χ0n) is 29.4. The van der Waals surface area contributed by atoms with Crippen molar-refractivity contribution in [1.82, 2.24) is 25.4 Å². The van der Waals surface area contributed by atoms with E-state index in [2.05, 4.69) is 26.0 Å². The number of alkyl carbamates (subject to hydrolysis) is 1. The number of alkyl halides is 3. The van der Waals surface area contributed by atoms with E-state index in [0.29, 0.717) is 29.0 Å². The average molecular weight is 723 g/mol. The monoisotopic (exact) mass is 722 g/mol. The number of ether oxygens (including phenoxy) is 1. The highest BCUT2D eigenvalue weighted by molar-refractivity contribution is 6.03. The molecule has 2 aromatic heterocycles. The number of carbonyl (C=O) groups is 3. The van der Waals surface area contributed by atoms with E-state index >= 15 is 4.39 Å². The lowest BCUT2D eigenvalue weighted by Crippen LogP contribution is -2.47. The van der Waals surface area contributed by atoms with Gasteiger partial charge >= 0.3 is 12.3 Å². The van der Waals surface area contributed by atoms with Crippen LogP contribution in [0.15, 0.2) is 73.1 Å². The van der Waals surface area contributed by atoms with Crippen LogP contribution in [0.3, 0.4) is 0 Å². The second kappa shape index (κ2) is 15.5. The van der Waals surface area contributed by atoms with E-state index in [0.717, 1.165) is 30.0 Å². The summed E-state index contributed by atoms with van der Waals surface area (Å²) in [6.07, 6.45) is 0.166. The molecule has 10 nitrogen and oxygen atoms in total. The molecule has 0 bridgehead atoms. The largest absolute Gasteiger partial charge is 0.444 e. The lowest BCUT2D eigenvalue weighted by Gasteiger charge is -2.36. The zero-order valence-corrected chi connectivity index (χ0v) is 29.4. The SMILES string of the molecule is CCC(=O)NC(CCC1CC1)(c1cccnc1)c1ccc(F)c(NC(=O)c2cc(CC(F)(F)F)nn2-c2cccc(CNC(=O)OC(C)(C)C)c2)c1. The van der Waals surface area contributed by atoms with Crippen LogP contribution in [-0.4, -0.2) is 44.4 Å². The maximum atomic E-state index is 15.5. The number of carbonyl (C=O) groups excluding carboxylic acids is 3. The molecule has 1 atom stereocenters. The van der Waals surface area contributed by atoms with Gasteiger partial charge < -0.3 is 20.7 Å². The Kier molecular flexibility index (Phi) is 11.3. The quantitative estimate of drug-likeness (QED) is 0.121. The van der Waals surface area contributed by atoms with Crippen molar-refractivity contribution in [2.45, 2.75) is 90.1 Å². The molecule has 52 heavy (non-hydrogen) atoms. The summed E-state index contributed by atoms with van der Waals surface area (Å²) in [5.74, 6) is -1.46. The van der Waals surface area contributed by atoms with E-state index in [4.69, 9.17) is 4.74 Å². The summed E-state index contributed by atoms with van der Waals surface area (Å²) in [7, 11) is 0. The van der Waals surface area contributed by atoms with E-state index < -0.39 is 47.2 Å². The molecular formula is C38H42F4N6O4. The van der Waals surface area contributed by atoms with Crippen LogP contribution in [0.1, 0.15) is 92.7 Å². The average Bonchev–Trinajstić information content (AvgIpc) is 3.83. The molecule has 4 aromatic rings. The van der Waals surface area contributed by atoms with Crippen LogP contribution in [0.4, 0.5) is 28.0 Å². The molecule has 1 saturated carbocycles. The number of nitrogens with zero attached hydrogens (tertiary/aromatic N) is 3. The van der Waals surface area contributed by atoms with Crippen LogP contribution in [0.2, 0.25) is 0 Å². The van der Waals surface area contributed by atoms with Crippen molar-refractivity contribution in [3.63, 3.8) is 0 Å². The fourth-order valence-electron chi connectivity index (χ4n) is 5.87. The van der Waals surface area contributed by atoms with Crippen molar-refractivity contribution in [1.29, 1.82) is 0 Å². The van der Waals surface area contributed by atoms with Crippen molar-refractivity contribution in [2.75, 3.05) is 5.32 Å². The fraction of sp³-hybridized carbons (Fsp3) is 0.395. The first-order valence-corrected chi connectivity index (χ1v) is 17.1. The Balaban J connectivity index is 1.50. The molecule has 276 valence electrons. The Morgan fingerprint density at radius 3 is 2.40 bits per heavy atom. The minimum atomic E-state index is -4.62. The highest BCUT2D eigenvalue weighted by atomic mass is 19.4. The van der Waals surface area contributed by atoms with E-state index in [1.165, 1.54) is 18.2 Å². The third kappa shape index (κ3) is 9.95. The second-order valence-electron chi connectivity index (χ2n) is 13.9. The van der Waals surface area contributed by atoms with Gasteiger partial charge in [0.2, 0.25) is 5.91 Å². The first-order valence-electron chi connectivity index (χ1n) is 17.1. The molecule has 1 aliphatic carbocycles. The van der Waals surface area contributed by atoms with Crippen LogP contribution < -0.4 is 16.0 Å². The van der Waals surface area contributed by atoms with Crippen LogP contribution in [0.25, 0.3) is 5.69 Å².